The first kappa shape index (κ1) is 37.9. The number of amides is 4. The molecule has 4 aliphatic rings. The molecular weight excluding hydrogens is 777 g/mol. The molecule has 0 aromatic heterocycles. The monoisotopic (exact) mass is 811 g/mol. The number of nitrogens with zero attached hydrogens (tertiary/aromatic N) is 2. The van der Waals surface area contributed by atoms with Crippen LogP contribution in [0.15, 0.2) is 90.5 Å². The smallest absolute Gasteiger partial charge is 0.335 e. The summed E-state index contributed by atoms with van der Waals surface area (Å²) >= 11 is 12.7. The third kappa shape index (κ3) is 5.70. The molecule has 0 radical (unpaired) electrons. The Bertz CT molecular complexity index is 2390. The highest BCUT2D eigenvalue weighted by molar-refractivity contribution is 6.36. The number of aromatic hydroxyl groups is 1. The Balaban J connectivity index is 1.37. The van der Waals surface area contributed by atoms with Crippen molar-refractivity contribution in [1.82, 2.24) is 5.01 Å². The number of phenols is 1. The predicted molar refractivity (Wildman–Crippen MR) is 208 cm³/mol. The molecule has 4 aromatic rings. The number of carbonyl (C=O) groups is 5. The second kappa shape index (κ2) is 14.2. The van der Waals surface area contributed by atoms with Gasteiger partial charge < -0.3 is 24.4 Å². The molecule has 2 heterocycles. The van der Waals surface area contributed by atoms with Gasteiger partial charge >= 0.3 is 5.97 Å². The van der Waals surface area contributed by atoms with Gasteiger partial charge in [0.25, 0.3) is 11.8 Å². The maximum Gasteiger partial charge on any atom is 0.335 e. The quantitative estimate of drug-likeness (QED) is 0.123. The molecule has 2 aliphatic heterocycles. The van der Waals surface area contributed by atoms with E-state index in [-0.39, 0.29) is 52.1 Å². The van der Waals surface area contributed by atoms with E-state index in [4.69, 9.17) is 37.4 Å². The molecule has 4 aromatic carbocycles. The molecular formula is C42H35Cl2N3O10. The Morgan fingerprint density at radius 2 is 1.54 bits per heavy atom. The number of hydrazine groups is 1. The SMILES string of the molecule is COc1ccc([C@@]23C(=O)N(Nc4ccc(Cl)cc4Cl)C(=O)[C@@H]2C[C@@H]2C(=CC[C@@H]4C(=O)N(c5cccc(C(=O)O)c5)C(=O)[C@@H]42)[C@@H]3c2c(OC)cc(O)cc2OC)cc1. The number of carbonyl (C=O) groups excluding carboxylic acids is 4. The zero-order chi connectivity index (χ0) is 40.5. The molecule has 2 saturated heterocycles. The van der Waals surface area contributed by atoms with Crippen LogP contribution in [0.25, 0.3) is 0 Å². The van der Waals surface area contributed by atoms with Gasteiger partial charge in [-0.1, -0.05) is 53.1 Å². The van der Waals surface area contributed by atoms with Crippen LogP contribution in [0.5, 0.6) is 23.0 Å². The van der Waals surface area contributed by atoms with Crippen molar-refractivity contribution in [2.75, 3.05) is 31.7 Å². The third-order valence-corrected chi connectivity index (χ3v) is 12.3. The number of aromatic carboxylic acids is 1. The summed E-state index contributed by atoms with van der Waals surface area (Å²) in [5.74, 6) is -7.73. The van der Waals surface area contributed by atoms with Gasteiger partial charge in [-0.15, -0.1) is 0 Å². The minimum absolute atomic E-state index is 0.0304. The molecule has 3 fully saturated rings. The van der Waals surface area contributed by atoms with Crippen LogP contribution in [0.3, 0.4) is 0 Å². The minimum atomic E-state index is -1.73. The van der Waals surface area contributed by atoms with Crippen LogP contribution in [-0.4, -0.2) is 66.1 Å². The lowest BCUT2D eigenvalue weighted by Gasteiger charge is -2.51. The number of ether oxygens (including phenoxy) is 3. The van der Waals surface area contributed by atoms with Gasteiger partial charge in [0, 0.05) is 28.6 Å². The highest BCUT2D eigenvalue weighted by Gasteiger charge is 2.71. The number of benzene rings is 4. The predicted octanol–water partition coefficient (Wildman–Crippen LogP) is 6.61. The fourth-order valence-corrected chi connectivity index (χ4v) is 9.85. The lowest BCUT2D eigenvalue weighted by molar-refractivity contribution is -0.138. The molecule has 2 aliphatic carbocycles. The van der Waals surface area contributed by atoms with E-state index in [0.29, 0.717) is 27.5 Å². The molecule has 4 amide bonds. The summed E-state index contributed by atoms with van der Waals surface area (Å²) < 4.78 is 17.2. The Hall–Kier alpha value is -6.05. The number of rotatable bonds is 9. The Kier molecular flexibility index (Phi) is 9.40. The molecule has 1 saturated carbocycles. The summed E-state index contributed by atoms with van der Waals surface area (Å²) in [6.45, 7) is 0. The van der Waals surface area contributed by atoms with Crippen molar-refractivity contribution in [3.8, 4) is 23.0 Å². The Labute approximate surface area is 336 Å². The van der Waals surface area contributed by atoms with E-state index in [9.17, 15) is 24.6 Å². The van der Waals surface area contributed by atoms with Crippen molar-refractivity contribution in [3.63, 3.8) is 0 Å². The van der Waals surface area contributed by atoms with Gasteiger partial charge in [0.1, 0.15) is 23.0 Å². The fourth-order valence-electron chi connectivity index (χ4n) is 9.40. The van der Waals surface area contributed by atoms with Gasteiger partial charge in [0.2, 0.25) is 11.8 Å². The van der Waals surface area contributed by atoms with Crippen LogP contribution in [0, 0.1) is 23.7 Å². The van der Waals surface area contributed by atoms with Crippen molar-refractivity contribution in [2.45, 2.75) is 24.2 Å². The first-order valence-corrected chi connectivity index (χ1v) is 18.7. The van der Waals surface area contributed by atoms with Gasteiger partial charge in [-0.3, -0.25) is 29.5 Å². The van der Waals surface area contributed by atoms with E-state index in [0.717, 1.165) is 9.91 Å². The summed E-state index contributed by atoms with van der Waals surface area (Å²) in [5, 5.41) is 21.9. The molecule has 0 spiro atoms. The summed E-state index contributed by atoms with van der Waals surface area (Å²) in [6, 6.07) is 19.8. The molecule has 3 N–H and O–H groups in total. The van der Waals surface area contributed by atoms with Gasteiger partial charge in [0.05, 0.1) is 66.5 Å². The number of fused-ring (bicyclic) bond motifs is 4. The number of imide groups is 2. The van der Waals surface area contributed by atoms with Crippen LogP contribution >= 0.6 is 23.2 Å². The van der Waals surface area contributed by atoms with Crippen LogP contribution in [-0.2, 0) is 24.6 Å². The summed E-state index contributed by atoms with van der Waals surface area (Å²) in [5.41, 5.74) is 2.85. The standard InChI is InChI=1S/C42H35Cl2N3O10/c1-55-25-10-7-21(8-11-25)42-29(38(50)47(41(42)54)45-31-14-9-22(43)16-30(31)44)19-28-26(36(42)35-32(56-2)17-24(48)18-33(35)57-3)12-13-27-34(28)39(51)46(37(27)49)23-6-4-5-20(15-23)40(52)53/h4-12,14-18,27-29,34,36,45,48H,13,19H2,1-3H3,(H,52,53)/t27-,28+,29-,34-,36+,42+/m0/s1. The van der Waals surface area contributed by atoms with Crippen LogP contribution in [0.2, 0.25) is 10.0 Å². The fraction of sp³-hybridized carbons (Fsp3) is 0.262. The maximum absolute atomic E-state index is 15.6. The second-order valence-corrected chi connectivity index (χ2v) is 15.2. The number of phenolic OH excluding ortho intramolecular Hbond substituents is 1. The van der Waals surface area contributed by atoms with Gasteiger partial charge in [-0.05, 0) is 72.9 Å². The van der Waals surface area contributed by atoms with Gasteiger partial charge in [-0.25, -0.2) is 4.79 Å². The molecule has 292 valence electrons. The summed E-state index contributed by atoms with van der Waals surface area (Å²) in [4.78, 5) is 72.5. The minimum Gasteiger partial charge on any atom is -0.508 e. The number of hydrogen-bond donors (Lipinski definition) is 3. The van der Waals surface area contributed by atoms with Gasteiger partial charge in [-0.2, -0.15) is 5.01 Å². The molecule has 0 bridgehead atoms. The maximum atomic E-state index is 15.6. The third-order valence-electron chi connectivity index (χ3n) is 11.7. The van der Waals surface area contributed by atoms with Crippen molar-refractivity contribution >= 4 is 64.2 Å². The highest BCUT2D eigenvalue weighted by Crippen LogP contribution is 2.66. The normalized spacial score (nSPS) is 25.1. The number of allylic oxidation sites excluding steroid dienone is 2. The van der Waals surface area contributed by atoms with E-state index in [2.05, 4.69) is 5.43 Å². The number of halogens is 2. The van der Waals surface area contributed by atoms with Crippen molar-refractivity contribution in [1.29, 1.82) is 0 Å². The zero-order valence-corrected chi connectivity index (χ0v) is 32.2. The summed E-state index contributed by atoms with van der Waals surface area (Å²) in [7, 11) is 4.31. The van der Waals surface area contributed by atoms with Crippen molar-refractivity contribution < 1.29 is 48.4 Å². The Morgan fingerprint density at radius 1 is 0.842 bits per heavy atom. The second-order valence-electron chi connectivity index (χ2n) is 14.3. The van der Waals surface area contributed by atoms with E-state index in [1.165, 1.54) is 63.8 Å². The number of hydrogen-bond acceptors (Lipinski definition) is 10. The number of nitrogens with one attached hydrogen (secondary N) is 1. The van der Waals surface area contributed by atoms with Crippen LogP contribution in [0.4, 0.5) is 11.4 Å². The first-order valence-electron chi connectivity index (χ1n) is 18.0. The number of methoxy groups -OCH3 is 3. The van der Waals surface area contributed by atoms with Crippen LogP contribution < -0.4 is 24.5 Å². The molecule has 15 heteroatoms. The number of carboxylic acids is 1. The molecule has 6 atom stereocenters. The van der Waals surface area contributed by atoms with Crippen molar-refractivity contribution in [2.24, 2.45) is 23.7 Å². The van der Waals surface area contributed by atoms with E-state index < -0.39 is 64.6 Å². The van der Waals surface area contributed by atoms with E-state index >= 15 is 9.59 Å². The highest BCUT2D eigenvalue weighted by atomic mass is 35.5. The molecule has 8 rings (SSSR count). The van der Waals surface area contributed by atoms with Crippen molar-refractivity contribution in [3.05, 3.63) is 117 Å². The lowest BCUT2D eigenvalue weighted by Crippen LogP contribution is -2.53. The topological polar surface area (TPSA) is 172 Å². The lowest BCUT2D eigenvalue weighted by atomic mass is 9.49. The first-order chi connectivity index (χ1) is 27.3. The molecule has 13 nitrogen and oxygen atoms in total. The zero-order valence-electron chi connectivity index (χ0n) is 30.7. The van der Waals surface area contributed by atoms with E-state index in [1.807, 2.05) is 6.08 Å². The van der Waals surface area contributed by atoms with Crippen LogP contribution in [0.1, 0.15) is 40.2 Å². The number of anilines is 2. The Morgan fingerprint density at radius 3 is 2.18 bits per heavy atom. The average molecular weight is 813 g/mol. The largest absolute Gasteiger partial charge is 0.508 e. The van der Waals surface area contributed by atoms with Gasteiger partial charge in [0.15, 0.2) is 0 Å². The number of carboxylic acid groups (broad SMARTS) is 1. The molecule has 57 heavy (non-hydrogen) atoms. The molecule has 0 unspecified atom stereocenters. The van der Waals surface area contributed by atoms with E-state index in [1.54, 1.807) is 36.4 Å². The summed E-state index contributed by atoms with van der Waals surface area (Å²) in [6.07, 6.45) is 1.93. The average Bonchev–Trinajstić information content (AvgIpc) is 3.59.